The van der Waals surface area contributed by atoms with E-state index in [1.165, 1.54) is 0 Å². The van der Waals surface area contributed by atoms with Crippen LogP contribution in [-0.2, 0) is 20.8 Å². The maximum Gasteiger partial charge on any atom is 0.234 e. The maximum absolute atomic E-state index is 12.3. The molecule has 2 aromatic rings. The molecule has 1 N–H and O–H groups in total. The smallest absolute Gasteiger partial charge is 0.234 e. The third-order valence-corrected chi connectivity index (χ3v) is 5.34. The molecular formula is C18H21NO3S2. The topological polar surface area (TPSA) is 63.2 Å². The van der Waals surface area contributed by atoms with E-state index in [0.29, 0.717) is 0 Å². The van der Waals surface area contributed by atoms with Gasteiger partial charge in [0.25, 0.3) is 0 Å². The van der Waals surface area contributed by atoms with Gasteiger partial charge in [0.15, 0.2) is 0 Å². The molecule has 0 radical (unpaired) electrons. The van der Waals surface area contributed by atoms with Crippen molar-refractivity contribution in [2.45, 2.75) is 13.0 Å². The zero-order chi connectivity index (χ0) is 17.6. The summed E-state index contributed by atoms with van der Waals surface area (Å²) in [6.45, 7) is 1.97. The first-order valence-electron chi connectivity index (χ1n) is 7.48. The largest absolute Gasteiger partial charge is 0.260 e. The summed E-state index contributed by atoms with van der Waals surface area (Å²) in [4.78, 5) is 0. The summed E-state index contributed by atoms with van der Waals surface area (Å²) in [5.41, 5.74) is 2.71. The van der Waals surface area contributed by atoms with Crippen LogP contribution in [0.5, 0.6) is 0 Å². The molecule has 0 spiro atoms. The van der Waals surface area contributed by atoms with Crippen LogP contribution < -0.4 is 4.72 Å². The number of nitrogens with one attached hydrogen (secondary N) is 1. The third-order valence-electron chi connectivity index (χ3n) is 3.43. The highest BCUT2D eigenvalue weighted by atomic mass is 32.2. The van der Waals surface area contributed by atoms with Crippen LogP contribution in [0.15, 0.2) is 60.0 Å². The molecule has 24 heavy (non-hydrogen) atoms. The summed E-state index contributed by atoms with van der Waals surface area (Å²) in [6.07, 6.45) is 3.11. The Balaban J connectivity index is 2.17. The van der Waals surface area contributed by atoms with E-state index in [9.17, 15) is 12.6 Å². The van der Waals surface area contributed by atoms with Crippen LogP contribution in [-0.4, -0.2) is 24.6 Å². The van der Waals surface area contributed by atoms with E-state index >= 15 is 0 Å². The van der Waals surface area contributed by atoms with E-state index in [2.05, 4.69) is 4.72 Å². The molecule has 4 nitrogen and oxygen atoms in total. The van der Waals surface area contributed by atoms with Crippen LogP contribution in [0.2, 0.25) is 0 Å². The Morgan fingerprint density at radius 1 is 1.08 bits per heavy atom. The minimum atomic E-state index is -3.65. The number of aryl methyl sites for hydroxylation is 1. The molecule has 0 unspecified atom stereocenters. The molecule has 6 heteroatoms. The lowest BCUT2D eigenvalue weighted by molar-refractivity contribution is 0.576. The average molecular weight is 364 g/mol. The molecule has 0 bridgehead atoms. The molecule has 0 aliphatic heterocycles. The van der Waals surface area contributed by atoms with Crippen molar-refractivity contribution in [3.8, 4) is 0 Å². The zero-order valence-electron chi connectivity index (χ0n) is 13.7. The Morgan fingerprint density at radius 2 is 1.71 bits per heavy atom. The highest BCUT2D eigenvalue weighted by Crippen LogP contribution is 2.16. The highest BCUT2D eigenvalue weighted by Gasteiger charge is 2.18. The molecule has 0 saturated carbocycles. The number of sulfonamides is 1. The monoisotopic (exact) mass is 363 g/mol. The van der Waals surface area contributed by atoms with Gasteiger partial charge in [-0.05, 0) is 24.1 Å². The number of benzene rings is 2. The highest BCUT2D eigenvalue weighted by molar-refractivity contribution is 7.92. The lowest BCUT2D eigenvalue weighted by Gasteiger charge is -2.16. The van der Waals surface area contributed by atoms with Gasteiger partial charge in [-0.1, -0.05) is 60.2 Å². The SMILES string of the molecule is Cc1ccc(/C=C/S(=O)(=O)N[C@H](C[S@@](C)=O)c2ccccc2)cc1. The average Bonchev–Trinajstić information content (AvgIpc) is 2.54. The summed E-state index contributed by atoms with van der Waals surface area (Å²) >= 11 is 0. The minimum Gasteiger partial charge on any atom is -0.260 e. The molecule has 0 aliphatic rings. The van der Waals surface area contributed by atoms with Gasteiger partial charge in [0.1, 0.15) is 0 Å². The van der Waals surface area contributed by atoms with E-state index in [1.54, 1.807) is 12.3 Å². The van der Waals surface area contributed by atoms with Gasteiger partial charge in [-0.3, -0.25) is 4.21 Å². The van der Waals surface area contributed by atoms with Crippen LogP contribution in [0.3, 0.4) is 0 Å². The fourth-order valence-electron chi connectivity index (χ4n) is 2.20. The predicted octanol–water partition coefficient (Wildman–Crippen LogP) is 3.00. The van der Waals surface area contributed by atoms with Crippen molar-refractivity contribution in [3.05, 3.63) is 76.7 Å². The van der Waals surface area contributed by atoms with Crippen molar-refractivity contribution < 1.29 is 12.6 Å². The lowest BCUT2D eigenvalue weighted by Crippen LogP contribution is -2.30. The van der Waals surface area contributed by atoms with Gasteiger partial charge in [0.2, 0.25) is 10.0 Å². The molecular weight excluding hydrogens is 342 g/mol. The first kappa shape index (κ1) is 18.6. The van der Waals surface area contributed by atoms with Crippen molar-refractivity contribution in [2.75, 3.05) is 12.0 Å². The standard InChI is InChI=1S/C18H21NO3S2/c1-15-8-10-16(11-9-15)12-13-24(21,22)19-18(14-23(2)20)17-6-4-3-5-7-17/h3-13,18-19H,14H2,1-2H3/b13-12+/t18-,23-/m1/s1. The molecule has 2 rings (SSSR count). The number of hydrogen-bond donors (Lipinski definition) is 1. The summed E-state index contributed by atoms with van der Waals surface area (Å²) < 4.78 is 38.9. The fourth-order valence-corrected chi connectivity index (χ4v) is 4.08. The Morgan fingerprint density at radius 3 is 2.29 bits per heavy atom. The van der Waals surface area contributed by atoms with E-state index in [-0.39, 0.29) is 5.75 Å². The van der Waals surface area contributed by atoms with Gasteiger partial charge in [0.05, 0.1) is 6.04 Å². The molecule has 0 amide bonds. The third kappa shape index (κ3) is 6.03. The Labute approximate surface area is 146 Å². The second kappa shape index (κ2) is 8.37. The van der Waals surface area contributed by atoms with E-state index in [0.717, 1.165) is 22.1 Å². The molecule has 2 aromatic carbocycles. The Hall–Kier alpha value is -1.76. The Kier molecular flexibility index (Phi) is 6.48. The van der Waals surface area contributed by atoms with Crippen molar-refractivity contribution >= 4 is 26.9 Å². The van der Waals surface area contributed by atoms with Crippen LogP contribution >= 0.6 is 0 Å². The summed E-state index contributed by atoms with van der Waals surface area (Å²) in [5.74, 6) is 0.224. The number of hydrogen-bond acceptors (Lipinski definition) is 3. The molecule has 128 valence electrons. The molecule has 0 aromatic heterocycles. The van der Waals surface area contributed by atoms with E-state index in [1.807, 2.05) is 61.5 Å². The quantitative estimate of drug-likeness (QED) is 0.822. The van der Waals surface area contributed by atoms with Gasteiger partial charge >= 0.3 is 0 Å². The van der Waals surface area contributed by atoms with Crippen LogP contribution in [0, 0.1) is 6.92 Å². The van der Waals surface area contributed by atoms with Crippen molar-refractivity contribution in [1.82, 2.24) is 4.72 Å². The summed E-state index contributed by atoms with van der Waals surface area (Å²) in [5, 5.41) is 1.15. The van der Waals surface area contributed by atoms with Crippen molar-refractivity contribution in [2.24, 2.45) is 0 Å². The maximum atomic E-state index is 12.3. The van der Waals surface area contributed by atoms with Crippen LogP contribution in [0.4, 0.5) is 0 Å². The molecule has 0 fully saturated rings. The lowest BCUT2D eigenvalue weighted by atomic mass is 10.1. The summed E-state index contributed by atoms with van der Waals surface area (Å²) in [6, 6.07) is 16.2. The number of rotatable bonds is 7. The van der Waals surface area contributed by atoms with Gasteiger partial charge in [-0.25, -0.2) is 13.1 Å². The van der Waals surface area contributed by atoms with Crippen molar-refractivity contribution in [1.29, 1.82) is 0 Å². The molecule has 0 aliphatic carbocycles. The fraction of sp³-hybridized carbons (Fsp3) is 0.222. The van der Waals surface area contributed by atoms with Crippen molar-refractivity contribution in [3.63, 3.8) is 0 Å². The molecule has 2 atom stereocenters. The van der Waals surface area contributed by atoms with Gasteiger partial charge in [0, 0.05) is 28.2 Å². The molecule has 0 saturated heterocycles. The van der Waals surface area contributed by atoms with Gasteiger partial charge in [-0.15, -0.1) is 0 Å². The van der Waals surface area contributed by atoms with E-state index < -0.39 is 26.9 Å². The van der Waals surface area contributed by atoms with Gasteiger partial charge < -0.3 is 0 Å². The normalized spacial score (nSPS) is 14.6. The minimum absolute atomic E-state index is 0.224. The second-order valence-corrected chi connectivity index (χ2v) is 8.66. The summed E-state index contributed by atoms with van der Waals surface area (Å²) in [7, 11) is -4.77. The first-order chi connectivity index (χ1) is 11.4. The Bertz CT molecular complexity index is 813. The zero-order valence-corrected chi connectivity index (χ0v) is 15.3. The predicted molar refractivity (Wildman–Crippen MR) is 100 cm³/mol. The first-order valence-corrected chi connectivity index (χ1v) is 10.7. The molecule has 0 heterocycles. The van der Waals surface area contributed by atoms with E-state index in [4.69, 9.17) is 0 Å². The van der Waals surface area contributed by atoms with Crippen LogP contribution in [0.1, 0.15) is 22.7 Å². The van der Waals surface area contributed by atoms with Crippen LogP contribution in [0.25, 0.3) is 6.08 Å². The second-order valence-electron chi connectivity index (χ2n) is 5.58. The van der Waals surface area contributed by atoms with Gasteiger partial charge in [-0.2, -0.15) is 0 Å².